The second kappa shape index (κ2) is 11.6. The van der Waals surface area contributed by atoms with Gasteiger partial charge in [-0.05, 0) is 108 Å². The van der Waals surface area contributed by atoms with E-state index >= 15 is 0 Å². The molecule has 5 nitrogen and oxygen atoms in total. The maximum atomic E-state index is 12.7. The number of ether oxygens (including phenoxy) is 1. The predicted octanol–water partition coefficient (Wildman–Crippen LogP) is 4.73. The van der Waals surface area contributed by atoms with E-state index < -0.39 is 0 Å². The zero-order chi connectivity index (χ0) is 22.3. The number of carbonyl (C=O) groups excluding carboxylic acids is 2. The van der Waals surface area contributed by atoms with Crippen LogP contribution in [-0.2, 0) is 9.53 Å². The van der Waals surface area contributed by atoms with Gasteiger partial charge in [0.2, 0.25) is 5.91 Å². The summed E-state index contributed by atoms with van der Waals surface area (Å²) in [5, 5.41) is 3.98. The second-order valence-corrected chi connectivity index (χ2v) is 10.3. The molecule has 0 radical (unpaired) electrons. The molecule has 4 rings (SSSR count). The fraction of sp³-hybridized carbons (Fsp3) is 0.692. The van der Waals surface area contributed by atoms with Crippen LogP contribution in [0.2, 0.25) is 5.02 Å². The van der Waals surface area contributed by atoms with Crippen LogP contribution in [0.25, 0.3) is 0 Å². The summed E-state index contributed by atoms with van der Waals surface area (Å²) in [6, 6.07) is 7.65. The average molecular weight is 461 g/mol. The summed E-state index contributed by atoms with van der Waals surface area (Å²) in [5.41, 5.74) is 0.786. The van der Waals surface area contributed by atoms with Crippen LogP contribution in [0.15, 0.2) is 24.3 Å². The van der Waals surface area contributed by atoms with Gasteiger partial charge in [-0.2, -0.15) is 0 Å². The number of hydrogen-bond donors (Lipinski definition) is 1. The third-order valence-corrected chi connectivity index (χ3v) is 7.98. The first kappa shape index (κ1) is 23.7. The first-order valence-electron chi connectivity index (χ1n) is 12.5. The molecule has 0 unspecified atom stereocenters. The smallest absolute Gasteiger partial charge is 0.223 e. The van der Waals surface area contributed by atoms with E-state index in [0.29, 0.717) is 11.1 Å². The summed E-state index contributed by atoms with van der Waals surface area (Å²) in [6.45, 7) is 4.60. The Bertz CT molecular complexity index is 747. The molecule has 1 amide bonds. The van der Waals surface area contributed by atoms with Gasteiger partial charge >= 0.3 is 0 Å². The monoisotopic (exact) mass is 460 g/mol. The fourth-order valence-corrected chi connectivity index (χ4v) is 5.63. The van der Waals surface area contributed by atoms with Crippen molar-refractivity contribution in [3.8, 4) is 0 Å². The van der Waals surface area contributed by atoms with E-state index in [4.69, 9.17) is 16.3 Å². The Morgan fingerprint density at radius 1 is 0.906 bits per heavy atom. The molecule has 0 aromatic heterocycles. The van der Waals surface area contributed by atoms with Crippen LogP contribution in [-0.4, -0.2) is 55.5 Å². The van der Waals surface area contributed by atoms with Crippen molar-refractivity contribution in [2.75, 3.05) is 32.8 Å². The van der Waals surface area contributed by atoms with Gasteiger partial charge in [0.15, 0.2) is 5.78 Å². The molecule has 176 valence electrons. The maximum Gasteiger partial charge on any atom is 0.223 e. The maximum absolute atomic E-state index is 12.7. The molecule has 6 heteroatoms. The van der Waals surface area contributed by atoms with Gasteiger partial charge in [-0.3, -0.25) is 9.59 Å². The number of amides is 1. The van der Waals surface area contributed by atoms with Gasteiger partial charge in [-0.1, -0.05) is 11.6 Å². The Kier molecular flexibility index (Phi) is 8.62. The molecule has 3 aliphatic rings. The molecule has 3 fully saturated rings. The van der Waals surface area contributed by atoms with Gasteiger partial charge in [0.05, 0.1) is 0 Å². The number of halogens is 1. The van der Waals surface area contributed by atoms with E-state index in [0.717, 1.165) is 82.9 Å². The van der Waals surface area contributed by atoms with Crippen molar-refractivity contribution in [1.29, 1.82) is 0 Å². The summed E-state index contributed by atoms with van der Waals surface area (Å²) >= 11 is 5.94. The number of carbonyl (C=O) groups is 2. The molecule has 2 heterocycles. The summed E-state index contributed by atoms with van der Waals surface area (Å²) in [7, 11) is 0. The predicted molar refractivity (Wildman–Crippen MR) is 127 cm³/mol. The Morgan fingerprint density at radius 2 is 1.56 bits per heavy atom. The second-order valence-electron chi connectivity index (χ2n) is 9.89. The number of piperidine rings is 1. The van der Waals surface area contributed by atoms with E-state index in [1.165, 1.54) is 19.3 Å². The van der Waals surface area contributed by atoms with E-state index in [1.807, 2.05) is 12.1 Å². The van der Waals surface area contributed by atoms with Crippen LogP contribution in [0.3, 0.4) is 0 Å². The highest BCUT2D eigenvalue weighted by atomic mass is 35.5. The standard InChI is InChI=1S/C26H37ClN2O3/c27-23-5-3-20(4-6-23)25(30)21-10-15-29(16-11-21)14-9-19-1-7-24(8-2-19)28-26(31)22-12-17-32-18-13-22/h3-6,19,21-22,24H,1-2,7-18H2,(H,28,31). The minimum atomic E-state index is 0.141. The van der Waals surface area contributed by atoms with Crippen molar-refractivity contribution < 1.29 is 14.3 Å². The lowest BCUT2D eigenvalue weighted by molar-refractivity contribution is -0.128. The molecule has 1 aliphatic carbocycles. The molecule has 1 aromatic carbocycles. The fourth-order valence-electron chi connectivity index (χ4n) is 5.51. The number of likely N-dealkylation sites (tertiary alicyclic amines) is 1. The summed E-state index contributed by atoms with van der Waals surface area (Å²) in [6.07, 6.45) is 9.50. The summed E-state index contributed by atoms with van der Waals surface area (Å²) < 4.78 is 5.37. The molecule has 32 heavy (non-hydrogen) atoms. The van der Waals surface area contributed by atoms with Crippen LogP contribution < -0.4 is 5.32 Å². The van der Waals surface area contributed by atoms with Crippen molar-refractivity contribution in [1.82, 2.24) is 10.2 Å². The lowest BCUT2D eigenvalue weighted by Crippen LogP contribution is -2.42. The van der Waals surface area contributed by atoms with Gasteiger partial charge in [-0.15, -0.1) is 0 Å². The zero-order valence-electron chi connectivity index (χ0n) is 19.1. The molecule has 0 spiro atoms. The minimum Gasteiger partial charge on any atom is -0.381 e. The number of benzene rings is 1. The molecule has 1 N–H and O–H groups in total. The van der Waals surface area contributed by atoms with Gasteiger partial charge in [0.1, 0.15) is 0 Å². The zero-order valence-corrected chi connectivity index (χ0v) is 19.8. The number of rotatable bonds is 7. The topological polar surface area (TPSA) is 58.6 Å². The quantitative estimate of drug-likeness (QED) is 0.598. The number of nitrogens with zero attached hydrogens (tertiary/aromatic N) is 1. The molecule has 2 aliphatic heterocycles. The van der Waals surface area contributed by atoms with Crippen molar-refractivity contribution in [2.24, 2.45) is 17.8 Å². The SMILES string of the molecule is O=C(NC1CCC(CCN2CCC(C(=O)c3ccc(Cl)cc3)CC2)CC1)C1CCOCC1. The molecule has 1 aromatic rings. The number of hydrogen-bond acceptors (Lipinski definition) is 4. The van der Waals surface area contributed by atoms with E-state index in [1.54, 1.807) is 12.1 Å². The molecule has 1 saturated carbocycles. The van der Waals surface area contributed by atoms with Crippen LogP contribution >= 0.6 is 11.6 Å². The van der Waals surface area contributed by atoms with Crippen molar-refractivity contribution in [3.05, 3.63) is 34.9 Å². The molecular weight excluding hydrogens is 424 g/mol. The Morgan fingerprint density at radius 3 is 2.22 bits per heavy atom. The minimum absolute atomic E-state index is 0.141. The van der Waals surface area contributed by atoms with Gasteiger partial charge in [-0.25, -0.2) is 0 Å². The van der Waals surface area contributed by atoms with Gasteiger partial charge in [0.25, 0.3) is 0 Å². The average Bonchev–Trinajstić information content (AvgIpc) is 2.84. The van der Waals surface area contributed by atoms with Crippen LogP contribution in [0, 0.1) is 17.8 Å². The van der Waals surface area contributed by atoms with Gasteiger partial charge < -0.3 is 15.0 Å². The Labute approximate surface area is 197 Å². The Balaban J connectivity index is 1.11. The lowest BCUT2D eigenvalue weighted by atomic mass is 9.83. The highest BCUT2D eigenvalue weighted by Gasteiger charge is 2.28. The number of Topliss-reactive ketones (excluding diaryl/α,β-unsaturated/α-hetero) is 1. The Hall–Kier alpha value is -1.43. The first-order valence-corrected chi connectivity index (χ1v) is 12.9. The van der Waals surface area contributed by atoms with Crippen molar-refractivity contribution in [2.45, 2.75) is 63.8 Å². The molecule has 2 saturated heterocycles. The van der Waals surface area contributed by atoms with Crippen LogP contribution in [0.1, 0.15) is 68.1 Å². The molecular formula is C26H37ClN2O3. The van der Waals surface area contributed by atoms with Crippen molar-refractivity contribution >= 4 is 23.3 Å². The number of ketones is 1. The molecule has 0 atom stereocenters. The van der Waals surface area contributed by atoms with Crippen LogP contribution in [0.5, 0.6) is 0 Å². The largest absolute Gasteiger partial charge is 0.381 e. The third-order valence-electron chi connectivity index (χ3n) is 7.73. The third kappa shape index (κ3) is 6.55. The summed E-state index contributed by atoms with van der Waals surface area (Å²) in [4.78, 5) is 27.7. The highest BCUT2D eigenvalue weighted by Crippen LogP contribution is 2.29. The summed E-state index contributed by atoms with van der Waals surface area (Å²) in [5.74, 6) is 1.56. The van der Waals surface area contributed by atoms with E-state index in [-0.39, 0.29) is 23.5 Å². The van der Waals surface area contributed by atoms with Crippen molar-refractivity contribution in [3.63, 3.8) is 0 Å². The van der Waals surface area contributed by atoms with Gasteiger partial charge in [0, 0.05) is 41.7 Å². The normalized spacial score (nSPS) is 26.0. The van der Waals surface area contributed by atoms with E-state index in [9.17, 15) is 9.59 Å². The molecule has 0 bridgehead atoms. The lowest BCUT2D eigenvalue weighted by Gasteiger charge is -2.34. The van der Waals surface area contributed by atoms with Crippen LogP contribution in [0.4, 0.5) is 0 Å². The van der Waals surface area contributed by atoms with E-state index in [2.05, 4.69) is 10.2 Å². The number of nitrogens with one attached hydrogen (secondary N) is 1. The first-order chi connectivity index (χ1) is 15.6. The highest BCUT2D eigenvalue weighted by molar-refractivity contribution is 6.30.